The first-order chi connectivity index (χ1) is 9.20. The zero-order valence-corrected chi connectivity index (χ0v) is 11.0. The molecule has 0 radical (unpaired) electrons. The van der Waals surface area contributed by atoms with Crippen molar-refractivity contribution in [3.05, 3.63) is 35.9 Å². The molecule has 0 saturated carbocycles. The van der Waals surface area contributed by atoms with E-state index in [0.717, 1.165) is 12.8 Å². The molecule has 5 nitrogen and oxygen atoms in total. The molecule has 2 amide bonds. The molecule has 1 saturated heterocycles. The smallest absolute Gasteiger partial charge is 0.409 e. The van der Waals surface area contributed by atoms with Crippen LogP contribution >= 0.6 is 0 Å². The molecule has 19 heavy (non-hydrogen) atoms. The Kier molecular flexibility index (Phi) is 4.39. The summed E-state index contributed by atoms with van der Waals surface area (Å²) in [5.74, 6) is -0.0997. The van der Waals surface area contributed by atoms with Gasteiger partial charge in [0.25, 0.3) is 5.91 Å². The molecular formula is C14H18N2O3. The summed E-state index contributed by atoms with van der Waals surface area (Å²) in [5, 5.41) is 2.96. The van der Waals surface area contributed by atoms with E-state index in [1.54, 1.807) is 17.0 Å². The normalized spacial score (nSPS) is 18.8. The first-order valence-electron chi connectivity index (χ1n) is 6.39. The lowest BCUT2D eigenvalue weighted by Crippen LogP contribution is -2.49. The lowest BCUT2D eigenvalue weighted by atomic mass is 10.1. The van der Waals surface area contributed by atoms with Gasteiger partial charge in [-0.1, -0.05) is 18.2 Å². The number of benzene rings is 1. The highest BCUT2D eigenvalue weighted by Crippen LogP contribution is 2.12. The maximum atomic E-state index is 12.0. The van der Waals surface area contributed by atoms with E-state index in [-0.39, 0.29) is 18.0 Å². The van der Waals surface area contributed by atoms with Crippen LogP contribution in [0.4, 0.5) is 4.79 Å². The molecule has 5 heteroatoms. The molecule has 1 aliphatic heterocycles. The van der Waals surface area contributed by atoms with E-state index in [1.165, 1.54) is 7.11 Å². The summed E-state index contributed by atoms with van der Waals surface area (Å²) < 4.78 is 4.70. The molecule has 2 rings (SSSR count). The third kappa shape index (κ3) is 3.47. The molecule has 1 atom stereocenters. The number of amides is 2. The van der Waals surface area contributed by atoms with Gasteiger partial charge in [-0.05, 0) is 25.0 Å². The van der Waals surface area contributed by atoms with E-state index in [2.05, 4.69) is 5.32 Å². The Labute approximate surface area is 112 Å². The fourth-order valence-corrected chi connectivity index (χ4v) is 2.25. The molecule has 1 aromatic carbocycles. The Morgan fingerprint density at radius 1 is 1.32 bits per heavy atom. The van der Waals surface area contributed by atoms with E-state index in [9.17, 15) is 9.59 Å². The summed E-state index contributed by atoms with van der Waals surface area (Å²) in [4.78, 5) is 25.1. The van der Waals surface area contributed by atoms with E-state index >= 15 is 0 Å². The number of nitrogens with zero attached hydrogens (tertiary/aromatic N) is 1. The number of carbonyl (C=O) groups excluding carboxylic acids is 2. The van der Waals surface area contributed by atoms with Crippen LogP contribution < -0.4 is 5.32 Å². The lowest BCUT2D eigenvalue weighted by molar-refractivity contribution is 0.0864. The molecule has 1 unspecified atom stereocenters. The highest BCUT2D eigenvalue weighted by Gasteiger charge is 2.25. The molecule has 0 aliphatic carbocycles. The van der Waals surface area contributed by atoms with Crippen LogP contribution in [0, 0.1) is 0 Å². The van der Waals surface area contributed by atoms with Crippen LogP contribution in [0.25, 0.3) is 0 Å². The summed E-state index contributed by atoms with van der Waals surface area (Å²) in [6, 6.07) is 9.07. The Morgan fingerprint density at radius 3 is 2.74 bits per heavy atom. The summed E-state index contributed by atoms with van der Waals surface area (Å²) in [5.41, 5.74) is 0.637. The van der Waals surface area contributed by atoms with Crippen molar-refractivity contribution in [2.24, 2.45) is 0 Å². The fraction of sp³-hybridized carbons (Fsp3) is 0.429. The number of nitrogens with one attached hydrogen (secondary N) is 1. The minimum atomic E-state index is -0.335. The van der Waals surface area contributed by atoms with Crippen molar-refractivity contribution >= 4 is 12.0 Å². The van der Waals surface area contributed by atoms with E-state index in [0.29, 0.717) is 18.7 Å². The van der Waals surface area contributed by atoms with Gasteiger partial charge >= 0.3 is 6.09 Å². The molecule has 0 aromatic heterocycles. The molecule has 1 aliphatic rings. The Hall–Kier alpha value is -2.04. The Bertz CT molecular complexity index is 447. The number of likely N-dealkylation sites (tertiary alicyclic amines) is 1. The average molecular weight is 262 g/mol. The van der Waals surface area contributed by atoms with Gasteiger partial charge in [-0.3, -0.25) is 4.79 Å². The first kappa shape index (κ1) is 13.4. The summed E-state index contributed by atoms with van der Waals surface area (Å²) in [6.07, 6.45) is 1.42. The first-order valence-corrected chi connectivity index (χ1v) is 6.39. The number of hydrogen-bond donors (Lipinski definition) is 1. The minimum Gasteiger partial charge on any atom is -0.453 e. The highest BCUT2D eigenvalue weighted by molar-refractivity contribution is 5.94. The predicted molar refractivity (Wildman–Crippen MR) is 70.9 cm³/mol. The van der Waals surface area contributed by atoms with Gasteiger partial charge in [0.2, 0.25) is 0 Å². The van der Waals surface area contributed by atoms with Gasteiger partial charge < -0.3 is 15.0 Å². The van der Waals surface area contributed by atoms with E-state index in [1.807, 2.05) is 18.2 Å². The van der Waals surface area contributed by atoms with Crippen molar-refractivity contribution < 1.29 is 14.3 Å². The average Bonchev–Trinajstić information content (AvgIpc) is 2.47. The number of piperidine rings is 1. The van der Waals surface area contributed by atoms with Crippen LogP contribution in [0.2, 0.25) is 0 Å². The van der Waals surface area contributed by atoms with Crippen LogP contribution in [-0.4, -0.2) is 43.1 Å². The van der Waals surface area contributed by atoms with Gasteiger partial charge in [-0.15, -0.1) is 0 Å². The molecule has 0 bridgehead atoms. The molecule has 0 spiro atoms. The maximum Gasteiger partial charge on any atom is 0.409 e. The number of rotatable bonds is 2. The third-order valence-electron chi connectivity index (χ3n) is 3.23. The standard InChI is InChI=1S/C14H18N2O3/c1-19-14(18)16-9-5-8-12(10-16)15-13(17)11-6-3-2-4-7-11/h2-4,6-7,12H,5,8-10H2,1H3,(H,15,17). The summed E-state index contributed by atoms with van der Waals surface area (Å²) >= 11 is 0. The van der Waals surface area contributed by atoms with Crippen LogP contribution in [0.15, 0.2) is 30.3 Å². The van der Waals surface area contributed by atoms with Crippen molar-refractivity contribution in [3.63, 3.8) is 0 Å². The second-order valence-corrected chi connectivity index (χ2v) is 4.59. The topological polar surface area (TPSA) is 58.6 Å². The van der Waals surface area contributed by atoms with E-state index in [4.69, 9.17) is 4.74 Å². The second kappa shape index (κ2) is 6.22. The molecule has 1 heterocycles. The van der Waals surface area contributed by atoms with Gasteiger partial charge in [-0.2, -0.15) is 0 Å². The molecule has 1 aromatic rings. The van der Waals surface area contributed by atoms with Gasteiger partial charge in [0.15, 0.2) is 0 Å². The van der Waals surface area contributed by atoms with Crippen molar-refractivity contribution in [1.82, 2.24) is 10.2 Å². The monoisotopic (exact) mass is 262 g/mol. The van der Waals surface area contributed by atoms with Crippen LogP contribution in [-0.2, 0) is 4.74 Å². The van der Waals surface area contributed by atoms with Gasteiger partial charge in [0, 0.05) is 24.7 Å². The zero-order valence-electron chi connectivity index (χ0n) is 11.0. The quantitative estimate of drug-likeness (QED) is 0.881. The van der Waals surface area contributed by atoms with Gasteiger partial charge in [0.1, 0.15) is 0 Å². The van der Waals surface area contributed by atoms with Crippen molar-refractivity contribution in [2.75, 3.05) is 20.2 Å². The number of carbonyl (C=O) groups is 2. The highest BCUT2D eigenvalue weighted by atomic mass is 16.5. The zero-order chi connectivity index (χ0) is 13.7. The molecule has 1 N–H and O–H groups in total. The van der Waals surface area contributed by atoms with Crippen LogP contribution in [0.1, 0.15) is 23.2 Å². The van der Waals surface area contributed by atoms with Gasteiger partial charge in [-0.25, -0.2) is 4.79 Å². The Morgan fingerprint density at radius 2 is 2.05 bits per heavy atom. The van der Waals surface area contributed by atoms with Crippen LogP contribution in [0.5, 0.6) is 0 Å². The SMILES string of the molecule is COC(=O)N1CCCC(NC(=O)c2ccccc2)C1. The lowest BCUT2D eigenvalue weighted by Gasteiger charge is -2.32. The van der Waals surface area contributed by atoms with E-state index < -0.39 is 0 Å². The van der Waals surface area contributed by atoms with Crippen molar-refractivity contribution in [3.8, 4) is 0 Å². The summed E-state index contributed by atoms with van der Waals surface area (Å²) in [7, 11) is 1.37. The van der Waals surface area contributed by atoms with Gasteiger partial charge in [0.05, 0.1) is 7.11 Å². The number of methoxy groups -OCH3 is 1. The molecule has 102 valence electrons. The van der Waals surface area contributed by atoms with Crippen LogP contribution in [0.3, 0.4) is 0 Å². The largest absolute Gasteiger partial charge is 0.453 e. The predicted octanol–water partition coefficient (Wildman–Crippen LogP) is 1.65. The second-order valence-electron chi connectivity index (χ2n) is 4.59. The molecule has 1 fully saturated rings. The Balaban J connectivity index is 1.92. The third-order valence-corrected chi connectivity index (χ3v) is 3.23. The minimum absolute atomic E-state index is 0.0134. The fourth-order valence-electron chi connectivity index (χ4n) is 2.25. The van der Waals surface area contributed by atoms with Crippen molar-refractivity contribution in [2.45, 2.75) is 18.9 Å². The number of hydrogen-bond acceptors (Lipinski definition) is 3. The summed E-state index contributed by atoms with van der Waals surface area (Å²) in [6.45, 7) is 1.19. The molecular weight excluding hydrogens is 244 g/mol. The maximum absolute atomic E-state index is 12.0. The number of ether oxygens (including phenoxy) is 1. The van der Waals surface area contributed by atoms with Crippen molar-refractivity contribution in [1.29, 1.82) is 0 Å².